The highest BCUT2D eigenvalue weighted by molar-refractivity contribution is 5.66. The molecule has 2 N–H and O–H groups in total. The Balaban J connectivity index is 2.48. The summed E-state index contributed by atoms with van der Waals surface area (Å²) in [5, 5.41) is 0. The molecule has 70 valence electrons. The molecule has 0 fully saturated rings. The van der Waals surface area contributed by atoms with E-state index in [1.807, 2.05) is 6.07 Å². The van der Waals surface area contributed by atoms with E-state index in [-0.39, 0.29) is 0 Å². The molecule has 0 aliphatic heterocycles. The first kappa shape index (κ1) is 8.42. The molecule has 0 unspecified atom stereocenters. The summed E-state index contributed by atoms with van der Waals surface area (Å²) < 4.78 is 5.37. The predicted octanol–water partition coefficient (Wildman–Crippen LogP) is 2.55. The quantitative estimate of drug-likeness (QED) is 0.716. The predicted molar refractivity (Wildman–Crippen MR) is 53.0 cm³/mol. The topological polar surface area (TPSA) is 39.2 Å². The molecule has 13 heavy (non-hydrogen) atoms. The highest BCUT2D eigenvalue weighted by Crippen LogP contribution is 2.32. The van der Waals surface area contributed by atoms with Crippen LogP contribution >= 0.6 is 0 Å². The molecule has 0 amide bonds. The van der Waals surface area contributed by atoms with Gasteiger partial charge in [0, 0.05) is 5.56 Å². The molecule has 2 rings (SSSR count). The Morgan fingerprint density at radius 3 is 2.85 bits per heavy atom. The van der Waals surface area contributed by atoms with E-state index in [1.54, 1.807) is 6.26 Å². The first-order chi connectivity index (χ1) is 6.20. The number of hydrogen-bond acceptors (Lipinski definition) is 2. The van der Waals surface area contributed by atoms with E-state index in [9.17, 15) is 0 Å². The Hall–Kier alpha value is -1.18. The molecule has 0 bridgehead atoms. The first-order valence-electron chi connectivity index (χ1n) is 4.75. The highest BCUT2D eigenvalue weighted by atomic mass is 16.3. The van der Waals surface area contributed by atoms with Crippen LogP contribution in [0.5, 0.6) is 0 Å². The Morgan fingerprint density at radius 2 is 2.15 bits per heavy atom. The number of rotatable bonds is 1. The number of nitrogens with two attached hydrogens (primary N) is 1. The zero-order valence-electron chi connectivity index (χ0n) is 8.13. The lowest BCUT2D eigenvalue weighted by Gasteiger charge is -2.19. The zero-order chi connectivity index (χ0) is 9.42. The molecule has 0 saturated heterocycles. The molecule has 0 radical (unpaired) electrons. The average Bonchev–Trinajstić information content (AvgIpc) is 2.52. The van der Waals surface area contributed by atoms with Crippen molar-refractivity contribution in [3.05, 3.63) is 29.2 Å². The van der Waals surface area contributed by atoms with Crippen LogP contribution in [0.25, 0.3) is 5.70 Å². The monoisotopic (exact) mass is 177 g/mol. The van der Waals surface area contributed by atoms with Crippen LogP contribution in [0.1, 0.15) is 31.6 Å². The van der Waals surface area contributed by atoms with Gasteiger partial charge in [-0.2, -0.15) is 0 Å². The van der Waals surface area contributed by atoms with Gasteiger partial charge < -0.3 is 10.2 Å². The lowest BCUT2D eigenvalue weighted by molar-refractivity contribution is 0.539. The van der Waals surface area contributed by atoms with Crippen molar-refractivity contribution in [3.8, 4) is 0 Å². The van der Waals surface area contributed by atoms with E-state index in [4.69, 9.17) is 10.2 Å². The van der Waals surface area contributed by atoms with Crippen molar-refractivity contribution in [1.82, 2.24) is 0 Å². The SMILES string of the molecule is CC(C)C1=C(N)c2occc2CC1. The number of aryl methyl sites for hydroxylation is 1. The van der Waals surface area contributed by atoms with Crippen LogP contribution in [0.3, 0.4) is 0 Å². The van der Waals surface area contributed by atoms with Crippen molar-refractivity contribution in [1.29, 1.82) is 0 Å². The van der Waals surface area contributed by atoms with Crippen LogP contribution in [0, 0.1) is 5.92 Å². The van der Waals surface area contributed by atoms with Crippen LogP contribution in [-0.4, -0.2) is 0 Å². The summed E-state index contributed by atoms with van der Waals surface area (Å²) in [7, 11) is 0. The zero-order valence-corrected chi connectivity index (χ0v) is 8.13. The minimum absolute atomic E-state index is 0.526. The van der Waals surface area contributed by atoms with E-state index in [2.05, 4.69) is 13.8 Å². The van der Waals surface area contributed by atoms with Gasteiger partial charge in [0.2, 0.25) is 0 Å². The van der Waals surface area contributed by atoms with Gasteiger partial charge >= 0.3 is 0 Å². The number of furan rings is 1. The normalized spacial score (nSPS) is 16.5. The van der Waals surface area contributed by atoms with Gasteiger partial charge in [-0.25, -0.2) is 0 Å². The van der Waals surface area contributed by atoms with Crippen LogP contribution in [0.4, 0.5) is 0 Å². The summed E-state index contributed by atoms with van der Waals surface area (Å²) in [6, 6.07) is 2.01. The van der Waals surface area contributed by atoms with Crippen molar-refractivity contribution in [2.45, 2.75) is 26.7 Å². The maximum atomic E-state index is 6.02. The lowest BCUT2D eigenvalue weighted by atomic mass is 9.88. The highest BCUT2D eigenvalue weighted by Gasteiger charge is 2.20. The average molecular weight is 177 g/mol. The van der Waals surface area contributed by atoms with Gasteiger partial charge in [-0.15, -0.1) is 0 Å². The Kier molecular flexibility index (Phi) is 1.91. The van der Waals surface area contributed by atoms with Gasteiger partial charge in [0.15, 0.2) is 5.76 Å². The van der Waals surface area contributed by atoms with Crippen LogP contribution in [0.15, 0.2) is 22.3 Å². The Labute approximate surface area is 78.4 Å². The van der Waals surface area contributed by atoms with Crippen molar-refractivity contribution in [3.63, 3.8) is 0 Å². The molecule has 1 aliphatic carbocycles. The van der Waals surface area contributed by atoms with Gasteiger partial charge in [0.1, 0.15) is 0 Å². The minimum Gasteiger partial charge on any atom is -0.463 e. The van der Waals surface area contributed by atoms with E-state index < -0.39 is 0 Å². The van der Waals surface area contributed by atoms with Crippen molar-refractivity contribution in [2.24, 2.45) is 11.7 Å². The lowest BCUT2D eigenvalue weighted by Crippen LogP contribution is -2.12. The van der Waals surface area contributed by atoms with Crippen molar-refractivity contribution >= 4 is 5.70 Å². The molecule has 0 saturated carbocycles. The summed E-state index contributed by atoms with van der Waals surface area (Å²) in [4.78, 5) is 0. The number of fused-ring (bicyclic) bond motifs is 1. The maximum Gasteiger partial charge on any atom is 0.152 e. The van der Waals surface area contributed by atoms with E-state index in [0.29, 0.717) is 5.92 Å². The molecule has 0 spiro atoms. The third-order valence-electron chi connectivity index (χ3n) is 2.70. The second kappa shape index (κ2) is 2.95. The summed E-state index contributed by atoms with van der Waals surface area (Å²) in [5.74, 6) is 1.42. The molecule has 0 atom stereocenters. The smallest absolute Gasteiger partial charge is 0.152 e. The first-order valence-corrected chi connectivity index (χ1v) is 4.75. The van der Waals surface area contributed by atoms with Crippen molar-refractivity contribution < 1.29 is 4.42 Å². The molecule has 1 aromatic heterocycles. The fourth-order valence-corrected chi connectivity index (χ4v) is 1.92. The van der Waals surface area contributed by atoms with E-state index in [1.165, 1.54) is 11.1 Å². The van der Waals surface area contributed by atoms with Gasteiger partial charge in [0.25, 0.3) is 0 Å². The van der Waals surface area contributed by atoms with Gasteiger partial charge in [-0.1, -0.05) is 13.8 Å². The van der Waals surface area contributed by atoms with Gasteiger partial charge in [0.05, 0.1) is 12.0 Å². The molecule has 2 nitrogen and oxygen atoms in total. The Morgan fingerprint density at radius 1 is 1.38 bits per heavy atom. The third-order valence-corrected chi connectivity index (χ3v) is 2.70. The largest absolute Gasteiger partial charge is 0.463 e. The summed E-state index contributed by atoms with van der Waals surface area (Å²) in [5.41, 5.74) is 9.47. The number of allylic oxidation sites excluding steroid dienone is 1. The second-order valence-electron chi connectivity index (χ2n) is 3.87. The molecule has 0 aromatic carbocycles. The fraction of sp³-hybridized carbons (Fsp3) is 0.455. The second-order valence-corrected chi connectivity index (χ2v) is 3.87. The third kappa shape index (κ3) is 1.26. The van der Waals surface area contributed by atoms with E-state index in [0.717, 1.165) is 24.3 Å². The van der Waals surface area contributed by atoms with Crippen LogP contribution < -0.4 is 5.73 Å². The van der Waals surface area contributed by atoms with E-state index >= 15 is 0 Å². The van der Waals surface area contributed by atoms with Crippen molar-refractivity contribution in [2.75, 3.05) is 0 Å². The molecular formula is C11H15NO. The molecule has 1 heterocycles. The molecule has 2 heteroatoms. The summed E-state index contributed by atoms with van der Waals surface area (Å²) in [6.45, 7) is 4.35. The maximum absolute atomic E-state index is 6.02. The summed E-state index contributed by atoms with van der Waals surface area (Å²) >= 11 is 0. The van der Waals surface area contributed by atoms with Gasteiger partial charge in [-0.05, 0) is 30.4 Å². The minimum atomic E-state index is 0.526. The Bertz CT molecular complexity index is 347. The summed E-state index contributed by atoms with van der Waals surface area (Å²) in [6.07, 6.45) is 3.87. The molecule has 1 aromatic rings. The number of hydrogen-bond donors (Lipinski definition) is 1. The molecule has 1 aliphatic rings. The standard InChI is InChI=1S/C11H15NO/c1-7(2)9-4-3-8-5-6-13-11(8)10(9)12/h5-7H,3-4,12H2,1-2H3. The fourth-order valence-electron chi connectivity index (χ4n) is 1.92. The van der Waals surface area contributed by atoms with Gasteiger partial charge in [-0.3, -0.25) is 0 Å². The van der Waals surface area contributed by atoms with Crippen LogP contribution in [0.2, 0.25) is 0 Å². The molecular weight excluding hydrogens is 162 g/mol. The van der Waals surface area contributed by atoms with Crippen LogP contribution in [-0.2, 0) is 6.42 Å².